The Morgan fingerprint density at radius 2 is 1.29 bits per heavy atom. The first-order valence-corrected chi connectivity index (χ1v) is 18.6. The molecule has 2 fully saturated rings. The van der Waals surface area contributed by atoms with Gasteiger partial charge >= 0.3 is 0 Å². The number of nitrogens with one attached hydrogen (secondary N) is 3. The summed E-state index contributed by atoms with van der Waals surface area (Å²) in [6, 6.07) is 25.7. The van der Waals surface area contributed by atoms with E-state index in [-0.39, 0.29) is 5.28 Å². The third-order valence-electron chi connectivity index (χ3n) is 9.43. The third-order valence-corrected chi connectivity index (χ3v) is 9.60. The summed E-state index contributed by atoms with van der Waals surface area (Å²) in [5, 5.41) is 9.94. The molecule has 14 nitrogen and oxygen atoms in total. The molecule has 2 atom stereocenters. The van der Waals surface area contributed by atoms with Gasteiger partial charge in [-0.1, -0.05) is 60.7 Å². The van der Waals surface area contributed by atoms with Crippen molar-refractivity contribution in [2.45, 2.75) is 37.8 Å². The van der Waals surface area contributed by atoms with E-state index in [9.17, 15) is 0 Å². The Hall–Kier alpha value is -6.25. The fraction of sp³-hybridized carbons (Fsp3) is 0.250. The molecule has 0 saturated carbocycles. The van der Waals surface area contributed by atoms with Gasteiger partial charge in [0.2, 0.25) is 11.2 Å². The summed E-state index contributed by atoms with van der Waals surface area (Å²) >= 11 is 5.82. The van der Waals surface area contributed by atoms with Crippen molar-refractivity contribution in [3.05, 3.63) is 127 Å². The highest BCUT2D eigenvalue weighted by atomic mass is 35.5. The lowest BCUT2D eigenvalue weighted by atomic mass is 10.1. The predicted molar refractivity (Wildman–Crippen MR) is 214 cm³/mol. The van der Waals surface area contributed by atoms with Gasteiger partial charge in [0, 0.05) is 51.2 Å². The van der Waals surface area contributed by atoms with Crippen LogP contribution in [0.3, 0.4) is 0 Å². The lowest BCUT2D eigenvalue weighted by Gasteiger charge is -2.25. The molecule has 0 spiro atoms. The molecule has 0 radical (unpaired) electrons. The molecule has 3 N–H and O–H groups in total. The molecule has 8 heterocycles. The van der Waals surface area contributed by atoms with Crippen molar-refractivity contribution in [1.82, 2.24) is 44.4 Å². The van der Waals surface area contributed by atoms with E-state index in [1.165, 1.54) is 30.5 Å². The van der Waals surface area contributed by atoms with E-state index in [1.807, 2.05) is 47.8 Å². The number of hydrogen-bond donors (Lipinski definition) is 3. The van der Waals surface area contributed by atoms with Crippen LogP contribution in [0.15, 0.2) is 119 Å². The lowest BCUT2D eigenvalue weighted by Crippen LogP contribution is -2.24. The third kappa shape index (κ3) is 8.45. The maximum atomic E-state index is 5.82. The molecule has 6 aromatic heterocycles. The number of hydrogen-bond acceptors (Lipinski definition) is 12. The van der Waals surface area contributed by atoms with E-state index in [2.05, 4.69) is 95.4 Å². The van der Waals surface area contributed by atoms with Crippen molar-refractivity contribution in [2.24, 2.45) is 14.1 Å². The molecule has 0 bridgehead atoms. The van der Waals surface area contributed by atoms with E-state index >= 15 is 0 Å². The number of aryl methyl sites for hydroxylation is 2. The molecule has 10 rings (SSSR count). The molecule has 2 aliphatic heterocycles. The largest absolute Gasteiger partial charge is 0.459 e. The molecule has 0 aliphatic carbocycles. The second-order valence-electron chi connectivity index (χ2n) is 13.4. The highest BCUT2D eigenvalue weighted by Crippen LogP contribution is 2.36. The number of imidazole rings is 2. The number of benzene rings is 2. The van der Waals surface area contributed by atoms with Gasteiger partial charge < -0.3 is 38.8 Å². The van der Waals surface area contributed by atoms with E-state index in [4.69, 9.17) is 30.4 Å². The minimum atomic E-state index is 0.164. The Labute approximate surface area is 322 Å². The fourth-order valence-corrected chi connectivity index (χ4v) is 7.04. The minimum Gasteiger partial charge on any atom is -0.459 e. The van der Waals surface area contributed by atoms with Gasteiger partial charge in [-0.3, -0.25) is 0 Å². The zero-order valence-electron chi connectivity index (χ0n) is 30.5. The first-order chi connectivity index (χ1) is 27.0. The molecule has 0 amide bonds. The summed E-state index contributed by atoms with van der Waals surface area (Å²) in [5.41, 5.74) is 5.37. The summed E-state index contributed by atoms with van der Waals surface area (Å²) in [6.45, 7) is 2.12. The van der Waals surface area contributed by atoms with Crippen molar-refractivity contribution in [1.29, 1.82) is 0 Å². The van der Waals surface area contributed by atoms with E-state index in [1.54, 1.807) is 31.2 Å². The van der Waals surface area contributed by atoms with Crippen molar-refractivity contribution in [3.8, 4) is 0 Å². The predicted octanol–water partition coefficient (Wildman–Crippen LogP) is 8.51. The van der Waals surface area contributed by atoms with Crippen LogP contribution in [0, 0.1) is 0 Å². The molecule has 2 aliphatic rings. The average Bonchev–Trinajstić information content (AvgIpc) is 4.05. The normalized spacial score (nSPS) is 16.5. The van der Waals surface area contributed by atoms with E-state index < -0.39 is 0 Å². The van der Waals surface area contributed by atoms with Crippen LogP contribution in [0.5, 0.6) is 0 Å². The van der Waals surface area contributed by atoms with E-state index in [0.717, 1.165) is 30.7 Å². The standard InChI is InChI=1S/C20H20N6O.C10H8ClN5O.C10H13N/c1-25-12-17(21-13-25)23-19-18-15(9-11-27-18)22-20(24-19)26-10-5-8-16(26)14-6-3-2-4-7-14;1-16-4-7(12-5-16)14-9-8-6(2-3-17-8)13-10(11)15-9;1-2-5-9(6-3-1)10-7-4-8-11-10/h2-4,6-7,9,11-13,16H,5,8,10H2,1H3,(H,22,23,24);2-5H,1H3,(H,13,14,15);1-3,5-6,10-11H,4,7-8H2. The fourth-order valence-electron chi connectivity index (χ4n) is 6.86. The molecule has 15 heteroatoms. The first kappa shape index (κ1) is 35.8. The van der Waals surface area contributed by atoms with Crippen LogP contribution in [-0.2, 0) is 14.1 Å². The van der Waals surface area contributed by atoms with Gasteiger partial charge in [-0.05, 0) is 55.0 Å². The van der Waals surface area contributed by atoms with Crippen molar-refractivity contribution in [3.63, 3.8) is 0 Å². The second-order valence-corrected chi connectivity index (χ2v) is 13.7. The molecule has 2 saturated heterocycles. The Bertz CT molecular complexity index is 2450. The zero-order chi connectivity index (χ0) is 37.6. The van der Waals surface area contributed by atoms with Gasteiger partial charge in [-0.25, -0.2) is 19.9 Å². The van der Waals surface area contributed by atoms with E-state index in [0.29, 0.717) is 52.2 Å². The van der Waals surface area contributed by atoms with Crippen molar-refractivity contribution in [2.75, 3.05) is 28.6 Å². The number of rotatable bonds is 7. The monoisotopic (exact) mass is 756 g/mol. The summed E-state index contributed by atoms with van der Waals surface area (Å²) < 4.78 is 14.6. The number of furan rings is 2. The molecule has 280 valence electrons. The Balaban J connectivity index is 0.000000130. The van der Waals surface area contributed by atoms with Gasteiger partial charge in [0.25, 0.3) is 0 Å². The topological polar surface area (TPSA) is 153 Å². The average molecular weight is 757 g/mol. The first-order valence-electron chi connectivity index (χ1n) is 18.2. The summed E-state index contributed by atoms with van der Waals surface area (Å²) in [4.78, 5) is 28.4. The van der Waals surface area contributed by atoms with Crippen molar-refractivity contribution >= 4 is 63.0 Å². The minimum absolute atomic E-state index is 0.164. The van der Waals surface area contributed by atoms with Crippen LogP contribution >= 0.6 is 11.6 Å². The Morgan fingerprint density at radius 3 is 1.87 bits per heavy atom. The molecule has 8 aromatic rings. The summed E-state index contributed by atoms with van der Waals surface area (Å²) in [5.74, 6) is 3.25. The van der Waals surface area contributed by atoms with Crippen LogP contribution in [0.1, 0.15) is 48.9 Å². The Kier molecular flexibility index (Phi) is 10.7. The number of aromatic nitrogens is 8. The van der Waals surface area contributed by atoms with Gasteiger partial charge in [-0.15, -0.1) is 0 Å². The molecular formula is C40H41ClN12O2. The van der Waals surface area contributed by atoms with Crippen LogP contribution < -0.4 is 20.9 Å². The SMILES string of the molecule is Cn1cnc(Nc2nc(Cl)nc3ccoc23)c1.Cn1cnc(Nc2nc(N3CCCC3c3ccccc3)nc3ccoc23)c1.c1ccc(C2CCCN2)cc1. The molecule has 2 unspecified atom stereocenters. The second kappa shape index (κ2) is 16.4. The van der Waals surface area contributed by atoms with Gasteiger partial charge in [0.15, 0.2) is 22.8 Å². The summed E-state index contributed by atoms with van der Waals surface area (Å²) in [7, 11) is 3.81. The maximum Gasteiger partial charge on any atom is 0.228 e. The quantitative estimate of drug-likeness (QED) is 0.134. The molecule has 55 heavy (non-hydrogen) atoms. The number of nitrogens with zero attached hydrogens (tertiary/aromatic N) is 9. The zero-order valence-corrected chi connectivity index (χ0v) is 31.3. The Morgan fingerprint density at radius 1 is 0.691 bits per heavy atom. The smallest absolute Gasteiger partial charge is 0.228 e. The van der Waals surface area contributed by atoms with Gasteiger partial charge in [0.1, 0.15) is 22.7 Å². The van der Waals surface area contributed by atoms with Gasteiger partial charge in [-0.2, -0.15) is 9.97 Å². The summed E-state index contributed by atoms with van der Waals surface area (Å²) in [6.07, 6.45) is 15.2. The number of halogens is 1. The number of fused-ring (bicyclic) bond motifs is 2. The van der Waals surface area contributed by atoms with Crippen LogP contribution in [0.4, 0.5) is 29.2 Å². The van der Waals surface area contributed by atoms with Crippen LogP contribution in [-0.4, -0.2) is 52.1 Å². The number of anilines is 5. The maximum absolute atomic E-state index is 5.82. The van der Waals surface area contributed by atoms with Crippen LogP contribution in [0.25, 0.3) is 22.2 Å². The highest BCUT2D eigenvalue weighted by Gasteiger charge is 2.29. The van der Waals surface area contributed by atoms with Crippen molar-refractivity contribution < 1.29 is 8.83 Å². The van der Waals surface area contributed by atoms with Crippen LogP contribution in [0.2, 0.25) is 5.28 Å². The molecule has 2 aromatic carbocycles. The highest BCUT2D eigenvalue weighted by molar-refractivity contribution is 6.28. The molecular weight excluding hydrogens is 716 g/mol. The lowest BCUT2D eigenvalue weighted by molar-refractivity contribution is 0.614. The van der Waals surface area contributed by atoms with Gasteiger partial charge in [0.05, 0.1) is 31.2 Å².